The van der Waals surface area contributed by atoms with Gasteiger partial charge in [-0.25, -0.2) is 0 Å². The average Bonchev–Trinajstić information content (AvgIpc) is 2.30. The quantitative estimate of drug-likeness (QED) is 0.873. The highest BCUT2D eigenvalue weighted by atomic mass is 79.9. The summed E-state index contributed by atoms with van der Waals surface area (Å²) in [5.74, 6) is 0.0630. The van der Waals surface area contributed by atoms with E-state index in [0.717, 1.165) is 11.0 Å². The largest absolute Gasteiger partial charge is 0.507 e. The lowest BCUT2D eigenvalue weighted by atomic mass is 10.0. The molecule has 4 nitrogen and oxygen atoms in total. The van der Waals surface area contributed by atoms with Crippen molar-refractivity contribution in [2.75, 3.05) is 20.6 Å². The molecule has 0 radical (unpaired) electrons. The third-order valence-electron chi connectivity index (χ3n) is 2.89. The summed E-state index contributed by atoms with van der Waals surface area (Å²) in [5.41, 5.74) is 0.291. The van der Waals surface area contributed by atoms with E-state index >= 15 is 0 Å². The van der Waals surface area contributed by atoms with Gasteiger partial charge in [0.05, 0.1) is 5.56 Å². The Morgan fingerprint density at radius 1 is 1.42 bits per heavy atom. The summed E-state index contributed by atoms with van der Waals surface area (Å²) < 4.78 is 0.768. The van der Waals surface area contributed by atoms with Crippen molar-refractivity contribution < 1.29 is 9.90 Å². The molecule has 0 aliphatic carbocycles. The third-order valence-corrected chi connectivity index (χ3v) is 3.38. The average molecular weight is 329 g/mol. The van der Waals surface area contributed by atoms with Crippen LogP contribution in [0.1, 0.15) is 24.2 Å². The van der Waals surface area contributed by atoms with Gasteiger partial charge in [-0.2, -0.15) is 0 Å². The molecule has 1 rings (SSSR count). The van der Waals surface area contributed by atoms with Crippen molar-refractivity contribution in [3.8, 4) is 5.75 Å². The fourth-order valence-corrected chi connectivity index (χ4v) is 2.11. The van der Waals surface area contributed by atoms with Crippen molar-refractivity contribution in [2.24, 2.45) is 5.92 Å². The minimum absolute atomic E-state index is 0.00643. The number of benzene rings is 1. The molecule has 19 heavy (non-hydrogen) atoms. The van der Waals surface area contributed by atoms with Gasteiger partial charge in [-0.15, -0.1) is 0 Å². The lowest BCUT2D eigenvalue weighted by Gasteiger charge is -2.25. The molecular formula is C14H21BrN2O2. The van der Waals surface area contributed by atoms with Gasteiger partial charge in [-0.05, 0) is 38.2 Å². The number of carbonyl (C=O) groups excluding carboxylic acids is 1. The Morgan fingerprint density at radius 2 is 2.05 bits per heavy atom. The maximum Gasteiger partial charge on any atom is 0.255 e. The Hall–Kier alpha value is -1.07. The SMILES string of the molecule is CC(C)C(CN(C)C)NC(=O)c1cc(Br)ccc1O. The number of rotatable bonds is 5. The molecule has 1 aromatic rings. The molecule has 0 saturated heterocycles. The van der Waals surface area contributed by atoms with Crippen molar-refractivity contribution >= 4 is 21.8 Å². The third kappa shape index (κ3) is 4.84. The highest BCUT2D eigenvalue weighted by molar-refractivity contribution is 9.10. The first-order valence-corrected chi connectivity index (χ1v) is 7.04. The number of phenols is 1. The molecule has 0 aliphatic heterocycles. The molecule has 0 saturated carbocycles. The molecule has 1 amide bonds. The van der Waals surface area contributed by atoms with E-state index in [1.165, 1.54) is 6.07 Å². The molecule has 5 heteroatoms. The van der Waals surface area contributed by atoms with E-state index < -0.39 is 0 Å². The molecule has 1 aromatic carbocycles. The Morgan fingerprint density at radius 3 is 2.58 bits per heavy atom. The first kappa shape index (κ1) is 16.0. The summed E-state index contributed by atoms with van der Waals surface area (Å²) >= 11 is 3.30. The van der Waals surface area contributed by atoms with Gasteiger partial charge < -0.3 is 15.3 Å². The van der Waals surface area contributed by atoms with Gasteiger partial charge in [-0.3, -0.25) is 4.79 Å². The molecular weight excluding hydrogens is 308 g/mol. The van der Waals surface area contributed by atoms with E-state index in [9.17, 15) is 9.90 Å². The molecule has 2 N–H and O–H groups in total. The van der Waals surface area contributed by atoms with Gasteiger partial charge in [0.1, 0.15) is 5.75 Å². The second-order valence-corrected chi connectivity index (χ2v) is 6.16. The number of carbonyl (C=O) groups is 1. The highest BCUT2D eigenvalue weighted by Gasteiger charge is 2.19. The number of hydrogen-bond acceptors (Lipinski definition) is 3. The molecule has 0 bridgehead atoms. The first-order valence-electron chi connectivity index (χ1n) is 6.25. The van der Waals surface area contributed by atoms with E-state index in [1.807, 2.05) is 19.0 Å². The van der Waals surface area contributed by atoms with E-state index in [2.05, 4.69) is 35.1 Å². The van der Waals surface area contributed by atoms with E-state index in [1.54, 1.807) is 12.1 Å². The molecule has 0 spiro atoms. The zero-order valence-corrected chi connectivity index (χ0v) is 13.4. The molecule has 1 atom stereocenters. The number of likely N-dealkylation sites (N-methyl/N-ethyl adjacent to an activating group) is 1. The van der Waals surface area contributed by atoms with Gasteiger partial charge in [0.15, 0.2) is 0 Å². The minimum Gasteiger partial charge on any atom is -0.507 e. The molecule has 1 unspecified atom stereocenters. The highest BCUT2D eigenvalue weighted by Crippen LogP contribution is 2.22. The van der Waals surface area contributed by atoms with Crippen LogP contribution < -0.4 is 5.32 Å². The van der Waals surface area contributed by atoms with Crippen molar-refractivity contribution in [3.05, 3.63) is 28.2 Å². The fourth-order valence-electron chi connectivity index (χ4n) is 1.75. The number of amides is 1. The van der Waals surface area contributed by atoms with Gasteiger partial charge >= 0.3 is 0 Å². The van der Waals surface area contributed by atoms with E-state index in [-0.39, 0.29) is 17.7 Å². The fraction of sp³-hybridized carbons (Fsp3) is 0.500. The van der Waals surface area contributed by atoms with Crippen LogP contribution in [0.4, 0.5) is 0 Å². The van der Waals surface area contributed by atoms with Gasteiger partial charge in [0.2, 0.25) is 0 Å². The predicted octanol–water partition coefficient (Wildman–Crippen LogP) is 2.47. The number of nitrogens with zero attached hydrogens (tertiary/aromatic N) is 1. The Labute approximate surface area is 122 Å². The summed E-state index contributed by atoms with van der Waals surface area (Å²) in [5, 5.41) is 12.7. The Bertz CT molecular complexity index is 447. The molecule has 0 aromatic heterocycles. The van der Waals surface area contributed by atoms with Crippen LogP contribution in [-0.4, -0.2) is 42.6 Å². The Kier molecular flexibility index (Phi) is 5.82. The smallest absolute Gasteiger partial charge is 0.255 e. The standard InChI is InChI=1S/C14H21BrN2O2/c1-9(2)12(8-17(3)4)16-14(19)11-7-10(15)5-6-13(11)18/h5-7,9,12,18H,8H2,1-4H3,(H,16,19). The molecule has 106 valence electrons. The van der Waals surface area contributed by atoms with Crippen molar-refractivity contribution in [2.45, 2.75) is 19.9 Å². The molecule has 0 aliphatic rings. The van der Waals surface area contributed by atoms with Crippen LogP contribution in [0.25, 0.3) is 0 Å². The zero-order valence-electron chi connectivity index (χ0n) is 11.8. The van der Waals surface area contributed by atoms with Crippen LogP contribution in [0.3, 0.4) is 0 Å². The van der Waals surface area contributed by atoms with Crippen LogP contribution >= 0.6 is 15.9 Å². The number of halogens is 1. The van der Waals surface area contributed by atoms with Crippen LogP contribution in [0.15, 0.2) is 22.7 Å². The van der Waals surface area contributed by atoms with E-state index in [0.29, 0.717) is 11.5 Å². The first-order chi connectivity index (χ1) is 8.81. The molecule has 0 fully saturated rings. The summed E-state index contributed by atoms with van der Waals surface area (Å²) in [4.78, 5) is 14.2. The number of phenolic OH excluding ortho intramolecular Hbond substituents is 1. The maximum atomic E-state index is 12.2. The lowest BCUT2D eigenvalue weighted by molar-refractivity contribution is 0.0914. The second-order valence-electron chi connectivity index (χ2n) is 5.25. The summed E-state index contributed by atoms with van der Waals surface area (Å²) in [6.45, 7) is 4.89. The summed E-state index contributed by atoms with van der Waals surface area (Å²) in [6, 6.07) is 4.87. The number of nitrogens with one attached hydrogen (secondary N) is 1. The van der Waals surface area contributed by atoms with Gasteiger partial charge in [0, 0.05) is 17.1 Å². The van der Waals surface area contributed by atoms with Crippen molar-refractivity contribution in [1.29, 1.82) is 0 Å². The zero-order chi connectivity index (χ0) is 14.6. The van der Waals surface area contributed by atoms with Crippen molar-refractivity contribution in [1.82, 2.24) is 10.2 Å². The Balaban J connectivity index is 2.84. The van der Waals surface area contributed by atoms with Crippen LogP contribution in [0, 0.1) is 5.92 Å². The predicted molar refractivity (Wildman–Crippen MR) is 80.5 cm³/mol. The topological polar surface area (TPSA) is 52.6 Å². The minimum atomic E-state index is -0.251. The van der Waals surface area contributed by atoms with Gasteiger partial charge in [-0.1, -0.05) is 29.8 Å². The van der Waals surface area contributed by atoms with E-state index in [4.69, 9.17) is 0 Å². The van der Waals surface area contributed by atoms with Crippen molar-refractivity contribution in [3.63, 3.8) is 0 Å². The van der Waals surface area contributed by atoms with Gasteiger partial charge in [0.25, 0.3) is 5.91 Å². The summed E-state index contributed by atoms with van der Waals surface area (Å²) in [7, 11) is 3.94. The summed E-state index contributed by atoms with van der Waals surface area (Å²) in [6.07, 6.45) is 0. The number of aromatic hydroxyl groups is 1. The maximum absolute atomic E-state index is 12.2. The molecule has 0 heterocycles. The second kappa shape index (κ2) is 6.91. The lowest BCUT2D eigenvalue weighted by Crippen LogP contribution is -2.45. The number of hydrogen-bond donors (Lipinski definition) is 2. The normalized spacial score (nSPS) is 12.8. The van der Waals surface area contributed by atoms with Crippen LogP contribution in [0.5, 0.6) is 5.75 Å². The van der Waals surface area contributed by atoms with Crippen LogP contribution in [0.2, 0.25) is 0 Å². The monoisotopic (exact) mass is 328 g/mol. The van der Waals surface area contributed by atoms with Crippen LogP contribution in [-0.2, 0) is 0 Å².